The maximum atomic E-state index is 2.34. The van der Waals surface area contributed by atoms with Gasteiger partial charge >= 0.3 is 0 Å². The fourth-order valence-electron chi connectivity index (χ4n) is 2.90. The van der Waals surface area contributed by atoms with Crippen molar-refractivity contribution in [1.82, 2.24) is 0 Å². The lowest BCUT2D eigenvalue weighted by Crippen LogP contribution is -2.11. The van der Waals surface area contributed by atoms with Gasteiger partial charge in [0.25, 0.3) is 0 Å². The van der Waals surface area contributed by atoms with Crippen LogP contribution in [0, 0.1) is 5.41 Å². The summed E-state index contributed by atoms with van der Waals surface area (Å²) in [5.74, 6) is 0. The molecule has 0 nitrogen and oxygen atoms in total. The maximum absolute atomic E-state index is 2.34. The van der Waals surface area contributed by atoms with E-state index in [0.29, 0.717) is 0 Å². The molecular formula is C13H14. The number of fused-ring (bicyclic) bond motifs is 1. The number of hydrogen-bond acceptors (Lipinski definition) is 0. The first-order valence-corrected chi connectivity index (χ1v) is 5.02. The second kappa shape index (κ2) is 2.06. The lowest BCUT2D eigenvalue weighted by atomic mass is 9.81. The molecule has 3 aliphatic rings. The van der Waals surface area contributed by atoms with E-state index in [4.69, 9.17) is 0 Å². The minimum absolute atomic E-state index is 0.282. The van der Waals surface area contributed by atoms with Gasteiger partial charge < -0.3 is 0 Å². The number of allylic oxidation sites excluding steroid dienone is 8. The molecule has 3 rings (SSSR count). The van der Waals surface area contributed by atoms with Crippen molar-refractivity contribution in [3.05, 3.63) is 46.6 Å². The molecule has 0 aromatic heterocycles. The number of rotatable bonds is 0. The van der Waals surface area contributed by atoms with Crippen molar-refractivity contribution in [2.75, 3.05) is 0 Å². The fourth-order valence-corrected chi connectivity index (χ4v) is 2.90. The zero-order valence-electron chi connectivity index (χ0n) is 8.22. The first-order chi connectivity index (χ1) is 6.21. The Balaban J connectivity index is 2.22. The van der Waals surface area contributed by atoms with Crippen LogP contribution < -0.4 is 0 Å². The average Bonchev–Trinajstić information content (AvgIpc) is 2.74. The van der Waals surface area contributed by atoms with E-state index in [1.807, 2.05) is 0 Å². The highest BCUT2D eigenvalue weighted by Crippen LogP contribution is 2.53. The van der Waals surface area contributed by atoms with Gasteiger partial charge in [0.15, 0.2) is 0 Å². The van der Waals surface area contributed by atoms with Crippen molar-refractivity contribution in [2.45, 2.75) is 26.7 Å². The summed E-state index contributed by atoms with van der Waals surface area (Å²) in [5.41, 5.74) is 6.66. The normalized spacial score (nSPS) is 27.5. The monoisotopic (exact) mass is 170 g/mol. The van der Waals surface area contributed by atoms with Crippen molar-refractivity contribution >= 4 is 0 Å². The quantitative estimate of drug-likeness (QED) is 0.521. The minimum atomic E-state index is 0.282. The summed E-state index contributed by atoms with van der Waals surface area (Å²) in [6.07, 6.45) is 11.6. The molecule has 0 saturated heterocycles. The minimum Gasteiger partial charge on any atom is -0.0798 e. The highest BCUT2D eigenvalue weighted by Gasteiger charge is 2.39. The van der Waals surface area contributed by atoms with Gasteiger partial charge in [-0.05, 0) is 35.1 Å². The number of hydrogen-bond donors (Lipinski definition) is 0. The molecule has 66 valence electrons. The lowest BCUT2D eigenvalue weighted by Gasteiger charge is -2.22. The SMILES string of the molecule is CC1(C)C2=C(CC=C2)C2=C1C=CC2. The molecule has 0 bridgehead atoms. The molecule has 0 aromatic rings. The van der Waals surface area contributed by atoms with E-state index in [1.54, 1.807) is 22.3 Å². The second-order valence-corrected chi connectivity index (χ2v) is 4.62. The summed E-state index contributed by atoms with van der Waals surface area (Å²) in [4.78, 5) is 0. The van der Waals surface area contributed by atoms with E-state index < -0.39 is 0 Å². The fraction of sp³-hybridized carbons (Fsp3) is 0.385. The van der Waals surface area contributed by atoms with Crippen LogP contribution in [-0.4, -0.2) is 0 Å². The molecular weight excluding hydrogens is 156 g/mol. The molecule has 0 aliphatic heterocycles. The summed E-state index contributed by atoms with van der Waals surface area (Å²) in [6, 6.07) is 0. The second-order valence-electron chi connectivity index (χ2n) is 4.62. The topological polar surface area (TPSA) is 0 Å². The van der Waals surface area contributed by atoms with Crippen LogP contribution in [0.2, 0.25) is 0 Å². The van der Waals surface area contributed by atoms with Crippen molar-refractivity contribution in [3.63, 3.8) is 0 Å². The molecule has 13 heavy (non-hydrogen) atoms. The van der Waals surface area contributed by atoms with Gasteiger partial charge in [-0.2, -0.15) is 0 Å². The lowest BCUT2D eigenvalue weighted by molar-refractivity contribution is 0.577. The van der Waals surface area contributed by atoms with Crippen LogP contribution in [0.5, 0.6) is 0 Å². The predicted octanol–water partition coefficient (Wildman–Crippen LogP) is 3.54. The van der Waals surface area contributed by atoms with Crippen molar-refractivity contribution in [3.8, 4) is 0 Å². The Kier molecular flexibility index (Phi) is 1.17. The van der Waals surface area contributed by atoms with Gasteiger partial charge in [0.05, 0.1) is 0 Å². The third-order valence-corrected chi connectivity index (χ3v) is 3.57. The zero-order valence-corrected chi connectivity index (χ0v) is 8.22. The van der Waals surface area contributed by atoms with Crippen LogP contribution in [0.25, 0.3) is 0 Å². The summed E-state index contributed by atoms with van der Waals surface area (Å²) < 4.78 is 0. The largest absolute Gasteiger partial charge is 0.0798 e. The van der Waals surface area contributed by atoms with Crippen LogP contribution in [-0.2, 0) is 0 Å². The first-order valence-electron chi connectivity index (χ1n) is 5.02. The molecule has 0 N–H and O–H groups in total. The molecule has 3 aliphatic carbocycles. The van der Waals surface area contributed by atoms with Crippen LogP contribution in [0.4, 0.5) is 0 Å². The average molecular weight is 170 g/mol. The molecule has 0 radical (unpaired) electrons. The first kappa shape index (κ1) is 7.37. The van der Waals surface area contributed by atoms with Crippen molar-refractivity contribution < 1.29 is 0 Å². The van der Waals surface area contributed by atoms with Gasteiger partial charge in [0, 0.05) is 5.41 Å². The van der Waals surface area contributed by atoms with Gasteiger partial charge in [-0.25, -0.2) is 0 Å². The van der Waals surface area contributed by atoms with Gasteiger partial charge in [0.1, 0.15) is 0 Å². The van der Waals surface area contributed by atoms with E-state index in [0.717, 1.165) is 0 Å². The van der Waals surface area contributed by atoms with Crippen molar-refractivity contribution in [2.24, 2.45) is 5.41 Å². The molecule has 0 spiro atoms. The van der Waals surface area contributed by atoms with E-state index >= 15 is 0 Å². The Morgan fingerprint density at radius 1 is 0.923 bits per heavy atom. The highest BCUT2D eigenvalue weighted by molar-refractivity contribution is 5.65. The summed E-state index contributed by atoms with van der Waals surface area (Å²) >= 11 is 0. The van der Waals surface area contributed by atoms with E-state index in [1.165, 1.54) is 12.8 Å². The molecule has 0 saturated carbocycles. The molecule has 0 amide bonds. The Bertz CT molecular complexity index is 360. The van der Waals surface area contributed by atoms with Gasteiger partial charge in [-0.3, -0.25) is 0 Å². The van der Waals surface area contributed by atoms with Crippen molar-refractivity contribution in [1.29, 1.82) is 0 Å². The summed E-state index contributed by atoms with van der Waals surface area (Å²) in [6.45, 7) is 4.69. The highest BCUT2D eigenvalue weighted by atomic mass is 14.4. The molecule has 0 heteroatoms. The van der Waals surface area contributed by atoms with Crippen LogP contribution in [0.3, 0.4) is 0 Å². The van der Waals surface area contributed by atoms with Gasteiger partial charge in [0.2, 0.25) is 0 Å². The molecule has 0 aromatic carbocycles. The van der Waals surface area contributed by atoms with Crippen LogP contribution in [0.15, 0.2) is 46.6 Å². The molecule has 0 atom stereocenters. The van der Waals surface area contributed by atoms with Gasteiger partial charge in [-0.1, -0.05) is 38.2 Å². The Labute approximate surface area is 79.3 Å². The molecule has 0 unspecified atom stereocenters. The third kappa shape index (κ3) is 0.720. The predicted molar refractivity (Wildman–Crippen MR) is 55.3 cm³/mol. The third-order valence-electron chi connectivity index (χ3n) is 3.57. The standard InChI is InChI=1S/C13H14/c1-13(2)11-7-3-5-9(11)10-6-4-8-12(10)13/h3-4,7-8H,5-6H2,1-2H3. The van der Waals surface area contributed by atoms with Crippen LogP contribution >= 0.6 is 0 Å². The van der Waals surface area contributed by atoms with Crippen LogP contribution in [0.1, 0.15) is 26.7 Å². The maximum Gasteiger partial charge on any atom is 0.0152 e. The van der Waals surface area contributed by atoms with Gasteiger partial charge in [-0.15, -0.1) is 0 Å². The Hall–Kier alpha value is -1.04. The smallest absolute Gasteiger partial charge is 0.0152 e. The molecule has 0 heterocycles. The van der Waals surface area contributed by atoms with E-state index in [-0.39, 0.29) is 5.41 Å². The van der Waals surface area contributed by atoms with E-state index in [9.17, 15) is 0 Å². The summed E-state index contributed by atoms with van der Waals surface area (Å²) in [7, 11) is 0. The Morgan fingerprint density at radius 2 is 1.38 bits per heavy atom. The molecule has 0 fully saturated rings. The summed E-state index contributed by atoms with van der Waals surface area (Å²) in [5, 5.41) is 0. The zero-order chi connectivity index (χ0) is 9.05. The Morgan fingerprint density at radius 3 is 1.85 bits per heavy atom. The van der Waals surface area contributed by atoms with E-state index in [2.05, 4.69) is 38.2 Å².